The molecule has 1 aromatic carbocycles. The normalized spacial score (nSPS) is 21.8. The quantitative estimate of drug-likeness (QED) is 0.881. The number of anilines is 1. The van der Waals surface area contributed by atoms with Gasteiger partial charge in [-0.1, -0.05) is 18.2 Å². The van der Waals surface area contributed by atoms with E-state index in [1.807, 2.05) is 6.07 Å². The van der Waals surface area contributed by atoms with Gasteiger partial charge in [0.15, 0.2) is 0 Å². The van der Waals surface area contributed by atoms with Gasteiger partial charge in [0, 0.05) is 18.8 Å². The van der Waals surface area contributed by atoms with E-state index in [-0.39, 0.29) is 5.92 Å². The highest BCUT2D eigenvalue weighted by atomic mass is 16.4. The molecule has 0 amide bonds. The lowest BCUT2D eigenvalue weighted by Gasteiger charge is -2.34. The molecule has 1 heterocycles. The topological polar surface area (TPSA) is 66.6 Å². The second-order valence-corrected chi connectivity index (χ2v) is 6.13. The minimum atomic E-state index is -1.10. The van der Waals surface area contributed by atoms with Crippen LogP contribution in [-0.2, 0) is 11.2 Å². The van der Waals surface area contributed by atoms with Gasteiger partial charge >= 0.3 is 5.97 Å². The number of carboxylic acids is 1. The van der Waals surface area contributed by atoms with Crippen molar-refractivity contribution >= 4 is 11.7 Å². The van der Waals surface area contributed by atoms with E-state index in [0.29, 0.717) is 6.54 Å². The molecule has 0 aromatic heterocycles. The highest BCUT2D eigenvalue weighted by Crippen LogP contribution is 2.40. The zero-order chi connectivity index (χ0) is 14.2. The first-order valence-electron chi connectivity index (χ1n) is 7.46. The molecule has 1 saturated carbocycles. The summed E-state index contributed by atoms with van der Waals surface area (Å²) in [7, 11) is 0. The van der Waals surface area contributed by atoms with Crippen molar-refractivity contribution in [2.45, 2.75) is 37.6 Å². The summed E-state index contributed by atoms with van der Waals surface area (Å²) < 4.78 is 0. The van der Waals surface area contributed by atoms with Crippen molar-refractivity contribution in [2.75, 3.05) is 18.0 Å². The number of fused-ring (bicyclic) bond motifs is 1. The predicted octanol–water partition coefficient (Wildman–Crippen LogP) is 2.02. The van der Waals surface area contributed by atoms with Gasteiger partial charge in [0.2, 0.25) is 0 Å². The number of benzene rings is 1. The Morgan fingerprint density at radius 1 is 1.35 bits per heavy atom. The van der Waals surface area contributed by atoms with E-state index in [1.54, 1.807) is 0 Å². The van der Waals surface area contributed by atoms with Crippen LogP contribution in [0.1, 0.15) is 31.2 Å². The van der Waals surface area contributed by atoms with Crippen LogP contribution in [0, 0.1) is 5.92 Å². The lowest BCUT2D eigenvalue weighted by atomic mass is 9.93. The second kappa shape index (κ2) is 5.09. The van der Waals surface area contributed by atoms with Gasteiger partial charge in [0.1, 0.15) is 5.54 Å². The van der Waals surface area contributed by atoms with Gasteiger partial charge in [0.25, 0.3) is 0 Å². The van der Waals surface area contributed by atoms with Gasteiger partial charge < -0.3 is 15.7 Å². The van der Waals surface area contributed by atoms with Gasteiger partial charge in [-0.3, -0.25) is 4.79 Å². The summed E-state index contributed by atoms with van der Waals surface area (Å²) in [4.78, 5) is 13.8. The summed E-state index contributed by atoms with van der Waals surface area (Å²) in [5.74, 6) is -0.725. The Balaban J connectivity index is 1.88. The third kappa shape index (κ3) is 2.40. The number of nitrogens with zero attached hydrogens (tertiary/aromatic N) is 1. The average molecular weight is 274 g/mol. The zero-order valence-electron chi connectivity index (χ0n) is 11.7. The number of rotatable bonds is 4. The van der Waals surface area contributed by atoms with Crippen molar-refractivity contribution in [3.63, 3.8) is 0 Å². The number of aryl methyl sites for hydroxylation is 1. The maximum Gasteiger partial charge on any atom is 0.325 e. The molecule has 1 aliphatic carbocycles. The highest BCUT2D eigenvalue weighted by molar-refractivity contribution is 5.80. The van der Waals surface area contributed by atoms with Crippen LogP contribution in [0.4, 0.5) is 5.69 Å². The summed E-state index contributed by atoms with van der Waals surface area (Å²) in [6.45, 7) is 1.32. The van der Waals surface area contributed by atoms with Crippen molar-refractivity contribution < 1.29 is 9.90 Å². The molecule has 20 heavy (non-hydrogen) atoms. The van der Waals surface area contributed by atoms with Crippen molar-refractivity contribution in [2.24, 2.45) is 11.7 Å². The van der Waals surface area contributed by atoms with Gasteiger partial charge in [-0.05, 0) is 49.7 Å². The average Bonchev–Trinajstić information content (AvgIpc) is 3.26. The Labute approximate surface area is 119 Å². The Hall–Kier alpha value is -1.55. The number of carboxylic acid groups (broad SMARTS) is 1. The molecule has 4 nitrogen and oxygen atoms in total. The van der Waals surface area contributed by atoms with Gasteiger partial charge in [-0.2, -0.15) is 0 Å². The van der Waals surface area contributed by atoms with E-state index in [1.165, 1.54) is 11.3 Å². The molecule has 1 unspecified atom stereocenters. The van der Waals surface area contributed by atoms with E-state index in [2.05, 4.69) is 23.1 Å². The van der Waals surface area contributed by atoms with Crippen LogP contribution in [0.25, 0.3) is 0 Å². The summed E-state index contributed by atoms with van der Waals surface area (Å²) in [5.41, 5.74) is 7.63. The van der Waals surface area contributed by atoms with Crippen LogP contribution in [-0.4, -0.2) is 29.7 Å². The third-order valence-electron chi connectivity index (χ3n) is 4.61. The van der Waals surface area contributed by atoms with Crippen LogP contribution in [0.2, 0.25) is 0 Å². The summed E-state index contributed by atoms with van der Waals surface area (Å²) in [6, 6.07) is 8.31. The van der Waals surface area contributed by atoms with Gasteiger partial charge in [-0.25, -0.2) is 0 Å². The molecule has 0 saturated heterocycles. The smallest absolute Gasteiger partial charge is 0.325 e. The molecule has 0 spiro atoms. The van der Waals surface area contributed by atoms with Gasteiger partial charge in [0.05, 0.1) is 0 Å². The van der Waals surface area contributed by atoms with Crippen molar-refractivity contribution in [3.8, 4) is 0 Å². The van der Waals surface area contributed by atoms with Crippen LogP contribution in [0.3, 0.4) is 0 Å². The molecule has 3 rings (SSSR count). The predicted molar refractivity (Wildman–Crippen MR) is 78.9 cm³/mol. The van der Waals surface area contributed by atoms with Gasteiger partial charge in [-0.15, -0.1) is 0 Å². The summed E-state index contributed by atoms with van der Waals surface area (Å²) >= 11 is 0. The maximum absolute atomic E-state index is 11.6. The number of carbonyl (C=O) groups is 1. The fourth-order valence-electron chi connectivity index (χ4n) is 3.22. The lowest BCUT2D eigenvalue weighted by molar-refractivity contribution is -0.143. The monoisotopic (exact) mass is 274 g/mol. The number of hydrogen-bond acceptors (Lipinski definition) is 3. The fraction of sp³-hybridized carbons (Fsp3) is 0.562. The summed E-state index contributed by atoms with van der Waals surface area (Å²) in [6.07, 6.45) is 5.20. The van der Waals surface area contributed by atoms with E-state index < -0.39 is 11.5 Å². The second-order valence-electron chi connectivity index (χ2n) is 6.13. The zero-order valence-corrected chi connectivity index (χ0v) is 11.7. The van der Waals surface area contributed by atoms with E-state index in [9.17, 15) is 9.90 Å². The van der Waals surface area contributed by atoms with Crippen molar-refractivity contribution in [3.05, 3.63) is 29.8 Å². The van der Waals surface area contributed by atoms with Crippen LogP contribution >= 0.6 is 0 Å². The van der Waals surface area contributed by atoms with Crippen molar-refractivity contribution in [1.82, 2.24) is 0 Å². The maximum atomic E-state index is 11.6. The molecule has 1 fully saturated rings. The minimum Gasteiger partial charge on any atom is -0.480 e. The van der Waals surface area contributed by atoms with E-state index in [0.717, 1.165) is 38.6 Å². The Morgan fingerprint density at radius 3 is 2.80 bits per heavy atom. The molecule has 0 bridgehead atoms. The molecule has 4 heteroatoms. The standard InChI is InChI=1S/C16H22N2O2/c17-16(15(19)20,13-8-9-13)11-18-10-4-3-6-12-5-1-2-7-14(12)18/h1-2,5,7,13H,3-4,6,8-11,17H2,(H,19,20). The molecule has 3 N–H and O–H groups in total. The lowest BCUT2D eigenvalue weighted by Crippen LogP contribution is -2.58. The number of para-hydroxylation sites is 1. The molecule has 1 atom stereocenters. The fourth-order valence-corrected chi connectivity index (χ4v) is 3.22. The number of hydrogen-bond donors (Lipinski definition) is 2. The first-order valence-corrected chi connectivity index (χ1v) is 7.46. The first-order chi connectivity index (χ1) is 9.61. The number of nitrogens with two attached hydrogens (primary N) is 1. The Morgan fingerprint density at radius 2 is 2.10 bits per heavy atom. The molecule has 0 radical (unpaired) electrons. The van der Waals surface area contributed by atoms with Crippen molar-refractivity contribution in [1.29, 1.82) is 0 Å². The minimum absolute atomic E-state index is 0.135. The molecule has 1 aromatic rings. The SMILES string of the molecule is NC(CN1CCCCc2ccccc21)(C(=O)O)C1CC1. The van der Waals surface area contributed by atoms with Crippen LogP contribution < -0.4 is 10.6 Å². The molecule has 2 aliphatic rings. The van der Waals surface area contributed by atoms with Crippen LogP contribution in [0.15, 0.2) is 24.3 Å². The first kappa shape index (κ1) is 13.4. The molecule has 108 valence electrons. The summed E-state index contributed by atoms with van der Waals surface area (Å²) in [5, 5.41) is 9.54. The van der Waals surface area contributed by atoms with E-state index in [4.69, 9.17) is 5.73 Å². The number of aliphatic carboxylic acids is 1. The molecule has 1 aliphatic heterocycles. The molecular formula is C16H22N2O2. The third-order valence-corrected chi connectivity index (χ3v) is 4.61. The van der Waals surface area contributed by atoms with Crippen LogP contribution in [0.5, 0.6) is 0 Å². The molecular weight excluding hydrogens is 252 g/mol. The Bertz CT molecular complexity index is 513. The highest BCUT2D eigenvalue weighted by Gasteiger charge is 2.49. The Kier molecular flexibility index (Phi) is 3.42. The largest absolute Gasteiger partial charge is 0.480 e. The van der Waals surface area contributed by atoms with E-state index >= 15 is 0 Å².